The van der Waals surface area contributed by atoms with Crippen molar-refractivity contribution in [1.82, 2.24) is 10.2 Å². The monoisotopic (exact) mass is 881 g/mol. The van der Waals surface area contributed by atoms with Gasteiger partial charge in [0.05, 0.1) is 24.2 Å². The zero-order chi connectivity index (χ0) is 46.4. The molecule has 0 spiro atoms. The van der Waals surface area contributed by atoms with Crippen LogP contribution in [0.5, 0.6) is 0 Å². The minimum Gasteiger partial charge on any atom is -0.465 e. The number of esters is 1. The summed E-state index contributed by atoms with van der Waals surface area (Å²) in [5.41, 5.74) is -1.22. The first kappa shape index (κ1) is 60.6. The third-order valence-corrected chi connectivity index (χ3v) is 12.7. The highest BCUT2D eigenvalue weighted by Crippen LogP contribution is 2.28. The molecule has 0 unspecified atom stereocenters. The standard InChI is InChI=1S/C54H108N2O6/c1-12-16-24-34-48(35-25-17-13-2)38-32-46-59-50(57)53(8,9)40-28-20-22-30-43-56(45-42-55-51(58)61-52(5,6)7)44-31-23-21-29-41-54(10,11)62-60-47-33-39-49(36-26-18-14-3)37-27-19-15-4/h48-49H,12-47H2,1-11H3,(H,55,58). The molecule has 0 aromatic carbocycles. The molecule has 0 aliphatic rings. The minimum absolute atomic E-state index is 0.0380. The molecule has 0 atom stereocenters. The van der Waals surface area contributed by atoms with Gasteiger partial charge in [0.25, 0.3) is 0 Å². The topological polar surface area (TPSA) is 86.3 Å². The predicted molar refractivity (Wildman–Crippen MR) is 265 cm³/mol. The summed E-state index contributed by atoms with van der Waals surface area (Å²) < 4.78 is 11.3. The van der Waals surface area contributed by atoms with Crippen molar-refractivity contribution in [2.45, 2.75) is 280 Å². The lowest BCUT2D eigenvalue weighted by atomic mass is 9.87. The normalized spacial score (nSPS) is 12.5. The Morgan fingerprint density at radius 3 is 1.40 bits per heavy atom. The van der Waals surface area contributed by atoms with Crippen LogP contribution in [0, 0.1) is 17.3 Å². The van der Waals surface area contributed by atoms with Gasteiger partial charge >= 0.3 is 12.1 Å². The van der Waals surface area contributed by atoms with E-state index in [4.69, 9.17) is 19.2 Å². The molecule has 0 aliphatic heterocycles. The fraction of sp³-hybridized carbons (Fsp3) is 0.963. The van der Waals surface area contributed by atoms with Gasteiger partial charge in [-0.05, 0) is 125 Å². The van der Waals surface area contributed by atoms with Gasteiger partial charge in [-0.15, -0.1) is 0 Å². The third kappa shape index (κ3) is 37.9. The van der Waals surface area contributed by atoms with Crippen LogP contribution in [-0.4, -0.2) is 67.6 Å². The van der Waals surface area contributed by atoms with Crippen molar-refractivity contribution in [3.63, 3.8) is 0 Å². The maximum atomic E-state index is 13.0. The zero-order valence-electron chi connectivity index (χ0n) is 43.5. The number of unbranched alkanes of at least 4 members (excludes halogenated alkanes) is 14. The Kier molecular flexibility index (Phi) is 38.0. The first-order valence-electron chi connectivity index (χ1n) is 26.8. The summed E-state index contributed by atoms with van der Waals surface area (Å²) in [6.45, 7) is 27.9. The van der Waals surface area contributed by atoms with Crippen LogP contribution in [0.2, 0.25) is 0 Å². The van der Waals surface area contributed by atoms with E-state index >= 15 is 0 Å². The smallest absolute Gasteiger partial charge is 0.407 e. The lowest BCUT2D eigenvalue weighted by molar-refractivity contribution is -0.355. The summed E-state index contributed by atoms with van der Waals surface area (Å²) in [7, 11) is 0. The van der Waals surface area contributed by atoms with Gasteiger partial charge in [-0.25, -0.2) is 14.6 Å². The number of carbonyl (C=O) groups is 2. The van der Waals surface area contributed by atoms with Gasteiger partial charge in [-0.2, -0.15) is 0 Å². The molecule has 0 heterocycles. The molecule has 8 nitrogen and oxygen atoms in total. The molecule has 0 aliphatic carbocycles. The minimum atomic E-state index is -0.504. The van der Waals surface area contributed by atoms with Crippen molar-refractivity contribution < 1.29 is 28.8 Å². The number of amides is 1. The van der Waals surface area contributed by atoms with E-state index in [1.807, 2.05) is 20.8 Å². The summed E-state index contributed by atoms with van der Waals surface area (Å²) in [6.07, 6.45) is 36.2. The second-order valence-electron chi connectivity index (χ2n) is 21.3. The highest BCUT2D eigenvalue weighted by molar-refractivity contribution is 5.75. The van der Waals surface area contributed by atoms with Gasteiger partial charge in [0, 0.05) is 13.1 Å². The van der Waals surface area contributed by atoms with Gasteiger partial charge in [-0.3, -0.25) is 4.79 Å². The van der Waals surface area contributed by atoms with Gasteiger partial charge in [0.2, 0.25) is 0 Å². The molecule has 1 amide bonds. The Bertz CT molecular complexity index is 1010. The molecule has 0 aromatic heterocycles. The average molecular weight is 881 g/mol. The molecule has 0 saturated carbocycles. The largest absolute Gasteiger partial charge is 0.465 e. The summed E-state index contributed by atoms with van der Waals surface area (Å²) >= 11 is 0. The van der Waals surface area contributed by atoms with Crippen LogP contribution < -0.4 is 5.32 Å². The molecule has 62 heavy (non-hydrogen) atoms. The van der Waals surface area contributed by atoms with E-state index in [2.05, 4.69) is 65.6 Å². The van der Waals surface area contributed by atoms with Crippen LogP contribution >= 0.6 is 0 Å². The van der Waals surface area contributed by atoms with Crippen molar-refractivity contribution in [2.24, 2.45) is 17.3 Å². The quantitative estimate of drug-likeness (QED) is 0.0282. The lowest BCUT2D eigenvalue weighted by Crippen LogP contribution is -2.38. The molecule has 0 saturated heterocycles. The average Bonchev–Trinajstić information content (AvgIpc) is 3.20. The van der Waals surface area contributed by atoms with Crippen LogP contribution in [0.25, 0.3) is 0 Å². The second-order valence-corrected chi connectivity index (χ2v) is 21.3. The Hall–Kier alpha value is -1.38. The first-order chi connectivity index (χ1) is 29.6. The molecular formula is C54H108N2O6. The van der Waals surface area contributed by atoms with Crippen LogP contribution in [0.3, 0.4) is 0 Å². The van der Waals surface area contributed by atoms with Gasteiger partial charge in [0.1, 0.15) is 5.60 Å². The van der Waals surface area contributed by atoms with E-state index in [-0.39, 0.29) is 17.7 Å². The van der Waals surface area contributed by atoms with Crippen molar-refractivity contribution in [3.8, 4) is 0 Å². The fourth-order valence-electron chi connectivity index (χ4n) is 8.57. The highest BCUT2D eigenvalue weighted by atomic mass is 17.2. The van der Waals surface area contributed by atoms with Crippen molar-refractivity contribution in [2.75, 3.05) is 39.4 Å². The van der Waals surface area contributed by atoms with Gasteiger partial charge in [0.15, 0.2) is 0 Å². The van der Waals surface area contributed by atoms with Crippen molar-refractivity contribution in [3.05, 3.63) is 0 Å². The number of rotatable bonds is 44. The molecule has 0 rings (SSSR count). The molecule has 8 heteroatoms. The van der Waals surface area contributed by atoms with E-state index in [1.165, 1.54) is 128 Å². The van der Waals surface area contributed by atoms with Crippen LogP contribution in [0.4, 0.5) is 4.79 Å². The highest BCUT2D eigenvalue weighted by Gasteiger charge is 2.29. The van der Waals surface area contributed by atoms with E-state index in [9.17, 15) is 9.59 Å². The fourth-order valence-corrected chi connectivity index (χ4v) is 8.57. The van der Waals surface area contributed by atoms with Crippen LogP contribution in [0.1, 0.15) is 269 Å². The van der Waals surface area contributed by atoms with Crippen LogP contribution in [0.15, 0.2) is 0 Å². The van der Waals surface area contributed by atoms with Gasteiger partial charge < -0.3 is 19.7 Å². The summed E-state index contributed by atoms with van der Waals surface area (Å²) in [4.78, 5) is 39.5. The van der Waals surface area contributed by atoms with E-state index in [0.29, 0.717) is 19.8 Å². The molecule has 0 bridgehead atoms. The van der Waals surface area contributed by atoms with Crippen LogP contribution in [-0.2, 0) is 24.0 Å². The summed E-state index contributed by atoms with van der Waals surface area (Å²) in [6, 6.07) is 0. The Balaban J connectivity index is 4.62. The molecule has 0 aromatic rings. The number of nitrogens with zero attached hydrogens (tertiary/aromatic N) is 1. The second kappa shape index (κ2) is 38.8. The summed E-state index contributed by atoms with van der Waals surface area (Å²) in [5, 5.41) is 2.96. The Labute approximate surface area is 386 Å². The molecule has 1 N–H and O–H groups in total. The Morgan fingerprint density at radius 1 is 0.500 bits per heavy atom. The predicted octanol–water partition coefficient (Wildman–Crippen LogP) is 16.1. The Morgan fingerprint density at radius 2 is 0.935 bits per heavy atom. The van der Waals surface area contributed by atoms with E-state index in [1.54, 1.807) is 0 Å². The third-order valence-electron chi connectivity index (χ3n) is 12.7. The maximum Gasteiger partial charge on any atom is 0.407 e. The zero-order valence-corrected chi connectivity index (χ0v) is 43.5. The summed E-state index contributed by atoms with van der Waals surface area (Å²) in [5.74, 6) is 1.57. The molecule has 0 radical (unpaired) electrons. The number of carbonyl (C=O) groups excluding carboxylic acids is 2. The number of ether oxygens (including phenoxy) is 2. The van der Waals surface area contributed by atoms with Crippen molar-refractivity contribution in [1.29, 1.82) is 0 Å². The van der Waals surface area contributed by atoms with E-state index < -0.39 is 11.0 Å². The first-order valence-corrected chi connectivity index (χ1v) is 26.8. The number of hydrogen-bond acceptors (Lipinski definition) is 7. The molecular weight excluding hydrogens is 773 g/mol. The molecule has 0 fully saturated rings. The number of hydrogen-bond donors (Lipinski definition) is 1. The van der Waals surface area contributed by atoms with Gasteiger partial charge in [-0.1, -0.05) is 169 Å². The maximum absolute atomic E-state index is 13.0. The van der Waals surface area contributed by atoms with Crippen molar-refractivity contribution >= 4 is 12.1 Å². The number of nitrogens with one attached hydrogen (secondary N) is 1. The van der Waals surface area contributed by atoms with E-state index in [0.717, 1.165) is 95.7 Å². The number of alkyl carbamates (subject to hydrolysis) is 1. The molecule has 370 valence electrons. The lowest BCUT2D eigenvalue weighted by Gasteiger charge is -2.25. The SMILES string of the molecule is CCCCCC(CCCCC)CCCOOC(C)(C)CCCCCCN(CCCCCCC(C)(C)C(=O)OCCCC(CCCCC)CCCCC)CCNC(=O)OC(C)(C)C.